The third-order valence-corrected chi connectivity index (χ3v) is 7.31. The van der Waals surface area contributed by atoms with Crippen LogP contribution in [0.2, 0.25) is 0 Å². The summed E-state index contributed by atoms with van der Waals surface area (Å²) in [5.41, 5.74) is -0.670. The van der Waals surface area contributed by atoms with Gasteiger partial charge in [0.15, 0.2) is 11.6 Å². The number of hydrogen-bond donors (Lipinski definition) is 9. The molecule has 19 heteroatoms. The highest BCUT2D eigenvalue weighted by Gasteiger charge is 2.34. The SMILES string of the molecule is CC(C)(C)N[C@H](CCC(=O)O)C(=O)C[C@H](CCC(=O)O)C(=O)N[C@H](CCC(=O)O)C(=O)C[C@H](CCC(=O)O)C(=O)N[C@H](CCC(=O)O)C(=O)O. The molecule has 0 spiro atoms. The van der Waals surface area contributed by atoms with Gasteiger partial charge >= 0.3 is 35.8 Å². The molecule has 9 N–H and O–H groups in total. The molecule has 0 aliphatic carbocycles. The van der Waals surface area contributed by atoms with Gasteiger partial charge in [0.1, 0.15) is 6.04 Å². The lowest BCUT2D eigenvalue weighted by Gasteiger charge is -2.29. The molecule has 0 rings (SSSR count). The van der Waals surface area contributed by atoms with Crippen molar-refractivity contribution in [1.29, 1.82) is 0 Å². The van der Waals surface area contributed by atoms with Crippen LogP contribution in [0.25, 0.3) is 0 Å². The molecule has 0 aliphatic rings. The molecule has 0 saturated heterocycles. The predicted molar refractivity (Wildman–Crippen MR) is 169 cm³/mol. The van der Waals surface area contributed by atoms with Crippen molar-refractivity contribution >= 4 is 59.2 Å². The number of ketones is 2. The van der Waals surface area contributed by atoms with Crippen molar-refractivity contribution in [3.05, 3.63) is 0 Å². The zero-order valence-electron chi connectivity index (χ0n) is 28.1. The fourth-order valence-corrected chi connectivity index (χ4v) is 4.81. The van der Waals surface area contributed by atoms with E-state index in [1.165, 1.54) is 0 Å². The summed E-state index contributed by atoms with van der Waals surface area (Å²) in [6.45, 7) is 5.13. The van der Waals surface area contributed by atoms with Gasteiger partial charge in [-0.15, -0.1) is 0 Å². The molecule has 0 heterocycles. The summed E-state index contributed by atoms with van der Waals surface area (Å²) in [6, 6.07) is -4.38. The minimum absolute atomic E-state index is 0.155. The highest BCUT2D eigenvalue weighted by atomic mass is 16.4. The lowest BCUT2D eigenvalue weighted by molar-refractivity contribution is -0.144. The Labute approximate surface area is 287 Å². The van der Waals surface area contributed by atoms with E-state index in [9.17, 15) is 63.3 Å². The van der Waals surface area contributed by atoms with Gasteiger partial charge in [-0.3, -0.25) is 43.2 Å². The third kappa shape index (κ3) is 20.4. The van der Waals surface area contributed by atoms with E-state index in [0.717, 1.165) is 0 Å². The van der Waals surface area contributed by atoms with Gasteiger partial charge in [0.2, 0.25) is 11.8 Å². The summed E-state index contributed by atoms with van der Waals surface area (Å²) >= 11 is 0. The third-order valence-electron chi connectivity index (χ3n) is 7.31. The average molecular weight is 718 g/mol. The molecule has 0 radical (unpaired) electrons. The maximum Gasteiger partial charge on any atom is 0.326 e. The zero-order valence-corrected chi connectivity index (χ0v) is 28.1. The first-order valence-corrected chi connectivity index (χ1v) is 15.8. The van der Waals surface area contributed by atoms with Gasteiger partial charge in [0.25, 0.3) is 0 Å². The smallest absolute Gasteiger partial charge is 0.326 e. The summed E-state index contributed by atoms with van der Waals surface area (Å²) in [6.07, 6.45) is -6.47. The van der Waals surface area contributed by atoms with Crippen LogP contribution in [-0.2, 0) is 47.9 Å². The molecular formula is C31H47N3O16. The first-order valence-electron chi connectivity index (χ1n) is 15.8. The van der Waals surface area contributed by atoms with Crippen LogP contribution in [0.4, 0.5) is 0 Å². The summed E-state index contributed by atoms with van der Waals surface area (Å²) in [5, 5.41) is 62.4. The molecule has 0 bridgehead atoms. The second-order valence-corrected chi connectivity index (χ2v) is 12.8. The number of amides is 2. The van der Waals surface area contributed by atoms with Crippen LogP contribution >= 0.6 is 0 Å². The lowest BCUT2D eigenvalue weighted by atomic mass is 9.89. The Balaban J connectivity index is 6.31. The number of rotatable bonds is 27. The molecule has 0 aromatic carbocycles. The molecule has 0 aromatic rings. The van der Waals surface area contributed by atoms with E-state index >= 15 is 0 Å². The summed E-state index contributed by atoms with van der Waals surface area (Å²) in [7, 11) is 0. The predicted octanol–water partition coefficient (Wildman–Crippen LogP) is 0.272. The van der Waals surface area contributed by atoms with Crippen molar-refractivity contribution in [3.63, 3.8) is 0 Å². The largest absolute Gasteiger partial charge is 0.481 e. The number of carboxylic acids is 6. The monoisotopic (exact) mass is 717 g/mol. The van der Waals surface area contributed by atoms with Crippen molar-refractivity contribution in [2.45, 2.75) is 121 Å². The van der Waals surface area contributed by atoms with Crippen LogP contribution in [0.3, 0.4) is 0 Å². The number of carboxylic acid groups (broad SMARTS) is 6. The van der Waals surface area contributed by atoms with Crippen LogP contribution in [0, 0.1) is 11.8 Å². The van der Waals surface area contributed by atoms with E-state index in [2.05, 4.69) is 16.0 Å². The lowest BCUT2D eigenvalue weighted by Crippen LogP contribution is -2.50. The second-order valence-electron chi connectivity index (χ2n) is 12.8. The van der Waals surface area contributed by atoms with E-state index in [1.54, 1.807) is 20.8 Å². The van der Waals surface area contributed by atoms with Crippen LogP contribution in [0.15, 0.2) is 0 Å². The van der Waals surface area contributed by atoms with E-state index < -0.39 is 165 Å². The molecular weight excluding hydrogens is 670 g/mol. The van der Waals surface area contributed by atoms with Gasteiger partial charge < -0.3 is 46.6 Å². The second kappa shape index (κ2) is 21.9. The van der Waals surface area contributed by atoms with Crippen molar-refractivity contribution in [2.75, 3.05) is 0 Å². The number of Topliss-reactive ketones (excluding diaryl/α,β-unsaturated/α-hetero) is 2. The Bertz CT molecular complexity index is 1270. The van der Waals surface area contributed by atoms with Crippen molar-refractivity contribution < 1.29 is 78.6 Å². The van der Waals surface area contributed by atoms with Gasteiger partial charge in [-0.25, -0.2) is 4.79 Å². The number of aliphatic carboxylic acids is 6. The quantitative estimate of drug-likeness (QED) is 0.0550. The van der Waals surface area contributed by atoms with Gasteiger partial charge in [0, 0.05) is 62.3 Å². The maximum atomic E-state index is 13.5. The first kappa shape index (κ1) is 45.1. The molecule has 282 valence electrons. The minimum atomic E-state index is -1.71. The molecule has 0 aromatic heterocycles. The van der Waals surface area contributed by atoms with Crippen LogP contribution in [0.5, 0.6) is 0 Å². The molecule has 0 saturated carbocycles. The van der Waals surface area contributed by atoms with Gasteiger partial charge in [0.05, 0.1) is 12.1 Å². The Morgan fingerprint density at radius 2 is 0.760 bits per heavy atom. The van der Waals surface area contributed by atoms with Crippen LogP contribution in [0.1, 0.15) is 97.8 Å². The molecule has 0 unspecified atom stereocenters. The summed E-state index contributed by atoms with van der Waals surface area (Å²) < 4.78 is 0. The zero-order chi connectivity index (χ0) is 38.8. The standard InChI is InChI=1S/C31H47N3O16/c1-31(2,3)34-19(7-12-26(43)44)22(36)15-17(5-10-24(39)40)28(47)32-18(6-11-25(41)42)21(35)14-16(4-9-23(37)38)29(48)33-20(30(49)50)8-13-27(45)46/h16-20,34H,4-15H2,1-3H3,(H,32,47)(H,33,48)(H,37,38)(H,39,40)(H,41,42)(H,43,44)(H,45,46)(H,49,50)/t16-,17-,18+,19+,20+/m0/s1. The molecule has 19 nitrogen and oxygen atoms in total. The highest BCUT2D eigenvalue weighted by Crippen LogP contribution is 2.20. The summed E-state index contributed by atoms with van der Waals surface area (Å²) in [4.78, 5) is 121. The van der Waals surface area contributed by atoms with E-state index in [-0.39, 0.29) is 6.42 Å². The average Bonchev–Trinajstić information content (AvgIpc) is 2.97. The van der Waals surface area contributed by atoms with Crippen molar-refractivity contribution in [3.8, 4) is 0 Å². The Morgan fingerprint density at radius 3 is 1.10 bits per heavy atom. The Hall–Kier alpha value is -4.94. The molecule has 0 aliphatic heterocycles. The van der Waals surface area contributed by atoms with Gasteiger partial charge in [-0.1, -0.05) is 0 Å². The van der Waals surface area contributed by atoms with E-state index in [4.69, 9.17) is 15.3 Å². The fraction of sp³-hybridized carbons (Fsp3) is 0.677. The first-order chi connectivity index (χ1) is 23.0. The number of hydrogen-bond acceptors (Lipinski definition) is 11. The molecule has 2 amide bonds. The van der Waals surface area contributed by atoms with Gasteiger partial charge in [-0.05, 0) is 52.9 Å². The fourth-order valence-electron chi connectivity index (χ4n) is 4.81. The van der Waals surface area contributed by atoms with Crippen LogP contribution < -0.4 is 16.0 Å². The van der Waals surface area contributed by atoms with Crippen molar-refractivity contribution in [2.24, 2.45) is 11.8 Å². The molecule has 50 heavy (non-hydrogen) atoms. The van der Waals surface area contributed by atoms with Crippen molar-refractivity contribution in [1.82, 2.24) is 16.0 Å². The maximum absolute atomic E-state index is 13.5. The highest BCUT2D eigenvalue weighted by molar-refractivity contribution is 5.95. The van der Waals surface area contributed by atoms with Gasteiger partial charge in [-0.2, -0.15) is 0 Å². The van der Waals surface area contributed by atoms with E-state index in [1.807, 2.05) is 0 Å². The number of nitrogens with one attached hydrogen (secondary N) is 3. The number of carbonyl (C=O) groups excluding carboxylic acids is 4. The Morgan fingerprint density at radius 1 is 0.460 bits per heavy atom. The normalized spacial score (nSPS) is 14.2. The minimum Gasteiger partial charge on any atom is -0.481 e. The molecule has 5 atom stereocenters. The summed E-state index contributed by atoms with van der Waals surface area (Å²) in [5.74, 6) is -14.8. The van der Waals surface area contributed by atoms with E-state index in [0.29, 0.717) is 0 Å². The number of carbonyl (C=O) groups is 10. The Kier molecular flexibility index (Phi) is 19.7. The topological polar surface area (TPSA) is 328 Å². The molecule has 0 fully saturated rings. The van der Waals surface area contributed by atoms with Crippen LogP contribution in [-0.4, -0.2) is 114 Å².